The van der Waals surface area contributed by atoms with Crippen LogP contribution in [0.1, 0.15) is 0 Å². The van der Waals surface area contributed by atoms with Gasteiger partial charge < -0.3 is 28.1 Å². The average molecular weight is 1590 g/mol. The topological polar surface area (TPSA) is 46.8 Å². The molecular formula is C118H82N2O4. The molecule has 24 rings (SSSR count). The minimum absolute atomic E-state index is 0.877. The van der Waals surface area contributed by atoms with Gasteiger partial charge in [0.05, 0.1) is 50.5 Å². The molecule has 6 heteroatoms. The van der Waals surface area contributed by atoms with Gasteiger partial charge in [0.15, 0.2) is 0 Å². The second kappa shape index (κ2) is 31.3. The molecule has 0 N–H and O–H groups in total. The fourth-order valence-electron chi connectivity index (χ4n) is 19.4. The van der Waals surface area contributed by atoms with Gasteiger partial charge in [-0.3, -0.25) is 0 Å². The average Bonchev–Trinajstić information content (AvgIpc) is 1.70. The van der Waals surface area contributed by atoms with Crippen LogP contribution in [0.4, 0.5) is 0 Å². The van der Waals surface area contributed by atoms with Crippen LogP contribution in [0, 0.1) is 0 Å². The van der Waals surface area contributed by atoms with E-state index >= 15 is 0 Å². The Morgan fingerprint density at radius 1 is 0.153 bits per heavy atom. The quantitative estimate of drug-likeness (QED) is 0.122. The first-order chi connectivity index (χ1) is 61.3. The van der Waals surface area contributed by atoms with Gasteiger partial charge in [0.2, 0.25) is 0 Å². The van der Waals surface area contributed by atoms with Gasteiger partial charge in [-0.2, -0.15) is 0 Å². The summed E-state index contributed by atoms with van der Waals surface area (Å²) in [6, 6.07) is 153. The monoisotopic (exact) mass is 1590 g/mol. The van der Waals surface area contributed by atoms with Crippen LogP contribution in [0.3, 0.4) is 0 Å². The van der Waals surface area contributed by atoms with Crippen molar-refractivity contribution in [3.8, 4) is 101 Å². The molecule has 24 aromatic rings. The third-order valence-electron chi connectivity index (χ3n) is 25.3. The van der Waals surface area contributed by atoms with Crippen LogP contribution in [0.15, 0.2) is 425 Å². The molecule has 0 amide bonds. The van der Waals surface area contributed by atoms with Crippen molar-refractivity contribution < 1.29 is 18.9 Å². The SMILES string of the molecule is COc1ccc(-c2cccc3c(-c4ccc(OC)c5ccccc45)cccc23)c2ccccc12.COc1ccc2cc(-c3cccc4c(-c5ccc(OC)c6ccccc56)cccc34)ccc2c1.c1cc(-c2ccc3cc(-n4c5ccccc5c5ccccc54)ccc3c2)c2cccc(-c3ccc4cc(-n5c6ccccc6c6ccccc65)ccc4c3)c2c1. The molecule has 0 unspecified atom stereocenters. The molecule has 588 valence electrons. The van der Waals surface area contributed by atoms with Crippen molar-refractivity contribution in [2.24, 2.45) is 0 Å². The second-order valence-corrected chi connectivity index (χ2v) is 31.9. The molecule has 0 aliphatic heterocycles. The summed E-state index contributed by atoms with van der Waals surface area (Å²) in [5, 5.41) is 26.8. The number of fused-ring (bicyclic) bond motifs is 15. The highest BCUT2D eigenvalue weighted by Crippen LogP contribution is 2.47. The molecule has 0 radical (unpaired) electrons. The first kappa shape index (κ1) is 74.3. The van der Waals surface area contributed by atoms with E-state index in [1.54, 1.807) is 28.4 Å². The zero-order valence-electron chi connectivity index (χ0n) is 68.9. The van der Waals surface area contributed by atoms with Crippen LogP contribution in [0.25, 0.3) is 219 Å². The molecule has 0 atom stereocenters. The third-order valence-corrected chi connectivity index (χ3v) is 25.3. The maximum Gasteiger partial charge on any atom is 0.126 e. The number of hydrogen-bond donors (Lipinski definition) is 0. The zero-order chi connectivity index (χ0) is 82.9. The Hall–Kier alpha value is -16.0. The molecule has 124 heavy (non-hydrogen) atoms. The lowest BCUT2D eigenvalue weighted by Gasteiger charge is -2.16. The number of aromatic nitrogens is 2. The number of ether oxygens (including phenoxy) is 4. The van der Waals surface area contributed by atoms with E-state index in [1.165, 1.54) is 203 Å². The molecule has 0 aliphatic carbocycles. The van der Waals surface area contributed by atoms with E-state index in [0.717, 1.165) is 39.2 Å². The van der Waals surface area contributed by atoms with Gasteiger partial charge in [-0.15, -0.1) is 0 Å². The van der Waals surface area contributed by atoms with E-state index in [1.807, 2.05) is 6.07 Å². The first-order valence-corrected chi connectivity index (χ1v) is 42.2. The normalized spacial score (nSPS) is 11.5. The van der Waals surface area contributed by atoms with Gasteiger partial charge in [-0.1, -0.05) is 328 Å². The lowest BCUT2D eigenvalue weighted by molar-refractivity contribution is 0.415. The van der Waals surface area contributed by atoms with Crippen molar-refractivity contribution in [2.75, 3.05) is 28.4 Å². The fourth-order valence-corrected chi connectivity index (χ4v) is 19.4. The number of benzene rings is 22. The summed E-state index contributed by atoms with van der Waals surface area (Å²) in [4.78, 5) is 0. The molecule has 6 nitrogen and oxygen atoms in total. The summed E-state index contributed by atoms with van der Waals surface area (Å²) in [5.41, 5.74) is 21.9. The summed E-state index contributed by atoms with van der Waals surface area (Å²) in [6.45, 7) is 0. The van der Waals surface area contributed by atoms with E-state index in [2.05, 4.69) is 428 Å². The second-order valence-electron chi connectivity index (χ2n) is 31.9. The molecule has 0 spiro atoms. The molecule has 0 fully saturated rings. The standard InChI is InChI=1S/C54H34N2.2C32H24O2/c1-5-19-51-47(11-1)48-12-2-6-20-52(48)55(51)41-29-27-35-31-39(25-23-37(35)33-41)43-15-9-18-46-44(16-10-17-45(43)46)40-26-24-38-34-42(30-28-36(38)32-40)56-53-21-7-3-13-49(53)50-14-4-8-22-54(50)56;1-33-31-19-17-27(25-9-3-5-11-29(25)31)23-15-7-14-22-21(23)13-8-16-24(22)28-18-20-32(34-2)30-12-6-4-10-26(28)30;1-33-24-16-15-21-19-23(14-13-22(21)20-24)25-9-5-11-27-26(25)10-6-12-28(27)30-17-18-32(34-2)31-8-4-3-7-29(30)31/h1-34H;2*3-20H,1-2H3. The minimum Gasteiger partial charge on any atom is -0.497 e. The minimum atomic E-state index is 0.877. The maximum absolute atomic E-state index is 5.63. The summed E-state index contributed by atoms with van der Waals surface area (Å²) >= 11 is 0. The Kier molecular flexibility index (Phi) is 18.7. The van der Waals surface area contributed by atoms with Gasteiger partial charge in [0, 0.05) is 49.1 Å². The fraction of sp³-hybridized carbons (Fsp3) is 0.0339. The molecule has 0 saturated heterocycles. The van der Waals surface area contributed by atoms with Crippen molar-refractivity contribution >= 4 is 141 Å². The van der Waals surface area contributed by atoms with Crippen LogP contribution in [-0.4, -0.2) is 37.6 Å². The highest BCUT2D eigenvalue weighted by molar-refractivity contribution is 6.16. The molecule has 0 aliphatic rings. The Bertz CT molecular complexity index is 7930. The lowest BCUT2D eigenvalue weighted by atomic mass is 9.89. The van der Waals surface area contributed by atoms with Crippen LogP contribution in [-0.2, 0) is 0 Å². The number of methoxy groups -OCH3 is 4. The van der Waals surface area contributed by atoms with Crippen molar-refractivity contribution in [2.45, 2.75) is 0 Å². The molecular weight excluding hydrogens is 1510 g/mol. The predicted octanol–water partition coefficient (Wildman–Crippen LogP) is 31.7. The smallest absolute Gasteiger partial charge is 0.126 e. The van der Waals surface area contributed by atoms with E-state index in [4.69, 9.17) is 18.9 Å². The summed E-state index contributed by atoms with van der Waals surface area (Å²) in [7, 11) is 6.89. The van der Waals surface area contributed by atoms with Gasteiger partial charge in [0.1, 0.15) is 23.0 Å². The number of nitrogens with zero attached hydrogens (tertiary/aromatic N) is 2. The van der Waals surface area contributed by atoms with E-state index in [9.17, 15) is 0 Å². The van der Waals surface area contributed by atoms with E-state index in [-0.39, 0.29) is 0 Å². The Balaban J connectivity index is 0.000000117. The number of rotatable bonds is 12. The van der Waals surface area contributed by atoms with Crippen LogP contribution in [0.2, 0.25) is 0 Å². The first-order valence-electron chi connectivity index (χ1n) is 42.2. The molecule has 2 aromatic heterocycles. The van der Waals surface area contributed by atoms with E-state index < -0.39 is 0 Å². The van der Waals surface area contributed by atoms with Crippen molar-refractivity contribution in [1.29, 1.82) is 0 Å². The van der Waals surface area contributed by atoms with Gasteiger partial charge in [-0.25, -0.2) is 0 Å². The van der Waals surface area contributed by atoms with Crippen LogP contribution >= 0.6 is 0 Å². The predicted molar refractivity (Wildman–Crippen MR) is 524 cm³/mol. The molecule has 2 heterocycles. The van der Waals surface area contributed by atoms with Crippen LogP contribution < -0.4 is 18.9 Å². The molecule has 0 saturated carbocycles. The Morgan fingerprint density at radius 3 is 0.685 bits per heavy atom. The van der Waals surface area contributed by atoms with Crippen molar-refractivity contribution in [3.05, 3.63) is 425 Å². The number of hydrogen-bond acceptors (Lipinski definition) is 4. The zero-order valence-corrected chi connectivity index (χ0v) is 68.9. The van der Waals surface area contributed by atoms with Crippen molar-refractivity contribution in [1.82, 2.24) is 9.13 Å². The summed E-state index contributed by atoms with van der Waals surface area (Å²) in [6.07, 6.45) is 0. The summed E-state index contributed by atoms with van der Waals surface area (Å²) < 4.78 is 27.1. The van der Waals surface area contributed by atoms with Gasteiger partial charge >= 0.3 is 0 Å². The van der Waals surface area contributed by atoms with Gasteiger partial charge in [-0.05, 0) is 245 Å². The van der Waals surface area contributed by atoms with Crippen molar-refractivity contribution in [3.63, 3.8) is 0 Å². The molecule has 22 aromatic carbocycles. The summed E-state index contributed by atoms with van der Waals surface area (Å²) in [5.74, 6) is 3.56. The highest BCUT2D eigenvalue weighted by Gasteiger charge is 2.21. The molecule has 0 bridgehead atoms. The Labute approximate surface area is 718 Å². The maximum atomic E-state index is 5.63. The Morgan fingerprint density at radius 2 is 0.379 bits per heavy atom. The third kappa shape index (κ3) is 12.8. The lowest BCUT2D eigenvalue weighted by Crippen LogP contribution is -1.94. The highest BCUT2D eigenvalue weighted by atomic mass is 16.5. The van der Waals surface area contributed by atoms with E-state index in [0.29, 0.717) is 0 Å². The van der Waals surface area contributed by atoms with Crippen LogP contribution in [0.5, 0.6) is 23.0 Å². The largest absolute Gasteiger partial charge is 0.497 e. The van der Waals surface area contributed by atoms with Gasteiger partial charge in [0.25, 0.3) is 0 Å². The number of para-hydroxylation sites is 4.